The largest absolute Gasteiger partial charge is 0.348 e. The average Bonchev–Trinajstić information content (AvgIpc) is 3.04. The zero-order valence-electron chi connectivity index (χ0n) is 13.9. The molecule has 0 atom stereocenters. The molecule has 0 unspecified atom stereocenters. The molecule has 1 aliphatic carbocycles. The van der Waals surface area contributed by atoms with E-state index in [1.54, 1.807) is 12.3 Å². The van der Waals surface area contributed by atoms with Gasteiger partial charge in [0.15, 0.2) is 0 Å². The maximum atomic E-state index is 12.3. The van der Waals surface area contributed by atoms with Gasteiger partial charge in [0.1, 0.15) is 5.69 Å². The number of aryl methyl sites for hydroxylation is 2. The molecule has 2 N–H and O–H groups in total. The predicted molar refractivity (Wildman–Crippen MR) is 96.0 cm³/mol. The third-order valence-electron chi connectivity index (χ3n) is 4.25. The standard InChI is InChI=1S/C18H21ClN4O/c1-11-9-12(2)16(14(19)10-11)23-18-20-8-7-15(22-18)17(24)21-13-5-3-4-6-13/h7-10,13H,3-6H2,1-2H3,(H,21,24)(H,20,22,23). The number of aromatic nitrogens is 2. The first-order valence-electron chi connectivity index (χ1n) is 8.20. The number of carbonyl (C=O) groups excluding carboxylic acids is 1. The second kappa shape index (κ2) is 7.18. The van der Waals surface area contributed by atoms with Crippen LogP contribution in [0.5, 0.6) is 0 Å². The second-order valence-electron chi connectivity index (χ2n) is 6.28. The Balaban J connectivity index is 1.77. The second-order valence-corrected chi connectivity index (χ2v) is 6.69. The third-order valence-corrected chi connectivity index (χ3v) is 4.55. The Morgan fingerprint density at radius 1 is 1.25 bits per heavy atom. The number of hydrogen-bond acceptors (Lipinski definition) is 4. The maximum Gasteiger partial charge on any atom is 0.270 e. The van der Waals surface area contributed by atoms with Gasteiger partial charge in [0.25, 0.3) is 5.91 Å². The monoisotopic (exact) mass is 344 g/mol. The zero-order valence-corrected chi connectivity index (χ0v) is 14.7. The van der Waals surface area contributed by atoms with Gasteiger partial charge in [0, 0.05) is 12.2 Å². The minimum absolute atomic E-state index is 0.154. The molecule has 0 bridgehead atoms. The zero-order chi connectivity index (χ0) is 17.1. The van der Waals surface area contributed by atoms with Crippen molar-refractivity contribution >= 4 is 29.1 Å². The van der Waals surface area contributed by atoms with Gasteiger partial charge in [0.05, 0.1) is 10.7 Å². The minimum Gasteiger partial charge on any atom is -0.348 e. The van der Waals surface area contributed by atoms with Gasteiger partial charge in [0.2, 0.25) is 5.95 Å². The number of hydrogen-bond donors (Lipinski definition) is 2. The van der Waals surface area contributed by atoms with E-state index < -0.39 is 0 Å². The van der Waals surface area contributed by atoms with E-state index in [4.69, 9.17) is 11.6 Å². The molecule has 5 nitrogen and oxygen atoms in total. The normalized spacial score (nSPS) is 14.6. The summed E-state index contributed by atoms with van der Waals surface area (Å²) in [4.78, 5) is 20.8. The molecule has 1 fully saturated rings. The Kier molecular flexibility index (Phi) is 5.00. The van der Waals surface area contributed by atoms with Crippen molar-refractivity contribution in [3.05, 3.63) is 46.2 Å². The molecule has 0 radical (unpaired) electrons. The highest BCUT2D eigenvalue weighted by Gasteiger charge is 2.19. The van der Waals surface area contributed by atoms with E-state index in [-0.39, 0.29) is 11.9 Å². The van der Waals surface area contributed by atoms with Crippen molar-refractivity contribution in [2.45, 2.75) is 45.6 Å². The number of rotatable bonds is 4. The molecular weight excluding hydrogens is 324 g/mol. The fraction of sp³-hybridized carbons (Fsp3) is 0.389. The number of halogens is 1. The fourth-order valence-electron chi connectivity index (χ4n) is 3.06. The molecule has 0 aliphatic heterocycles. The number of anilines is 2. The molecule has 1 amide bonds. The van der Waals surface area contributed by atoms with Gasteiger partial charge < -0.3 is 10.6 Å². The van der Waals surface area contributed by atoms with Gasteiger partial charge in [-0.15, -0.1) is 0 Å². The summed E-state index contributed by atoms with van der Waals surface area (Å²) in [6, 6.07) is 5.80. The number of benzene rings is 1. The summed E-state index contributed by atoms with van der Waals surface area (Å²) in [6.45, 7) is 3.96. The molecule has 126 valence electrons. The summed E-state index contributed by atoms with van der Waals surface area (Å²) in [5, 5.41) is 6.76. The quantitative estimate of drug-likeness (QED) is 0.873. The highest BCUT2D eigenvalue weighted by molar-refractivity contribution is 6.33. The van der Waals surface area contributed by atoms with E-state index in [1.165, 1.54) is 12.8 Å². The number of carbonyl (C=O) groups is 1. The Morgan fingerprint density at radius 3 is 2.71 bits per heavy atom. The molecular formula is C18H21ClN4O. The fourth-order valence-corrected chi connectivity index (χ4v) is 3.43. The Morgan fingerprint density at radius 2 is 2.00 bits per heavy atom. The highest BCUT2D eigenvalue weighted by atomic mass is 35.5. The lowest BCUT2D eigenvalue weighted by atomic mass is 10.1. The smallest absolute Gasteiger partial charge is 0.270 e. The molecule has 1 aliphatic rings. The number of nitrogens with zero attached hydrogens (tertiary/aromatic N) is 2. The summed E-state index contributed by atoms with van der Waals surface area (Å²) in [6.07, 6.45) is 6.01. The van der Waals surface area contributed by atoms with Crippen LogP contribution in [0.15, 0.2) is 24.4 Å². The summed E-state index contributed by atoms with van der Waals surface area (Å²) in [7, 11) is 0. The van der Waals surface area contributed by atoms with Gasteiger partial charge in [-0.25, -0.2) is 9.97 Å². The van der Waals surface area contributed by atoms with Crippen LogP contribution in [-0.4, -0.2) is 21.9 Å². The van der Waals surface area contributed by atoms with Crippen LogP contribution in [0, 0.1) is 13.8 Å². The van der Waals surface area contributed by atoms with Crippen LogP contribution in [0.1, 0.15) is 47.3 Å². The number of amides is 1. The van der Waals surface area contributed by atoms with Crippen molar-refractivity contribution in [1.29, 1.82) is 0 Å². The lowest BCUT2D eigenvalue weighted by Crippen LogP contribution is -2.33. The Hall–Kier alpha value is -2.14. The van der Waals surface area contributed by atoms with Crippen molar-refractivity contribution in [3.8, 4) is 0 Å². The first kappa shape index (κ1) is 16.7. The van der Waals surface area contributed by atoms with Gasteiger partial charge in [-0.1, -0.05) is 30.5 Å². The van der Waals surface area contributed by atoms with Crippen LogP contribution in [0.4, 0.5) is 11.6 Å². The van der Waals surface area contributed by atoms with Crippen molar-refractivity contribution < 1.29 is 4.79 Å². The summed E-state index contributed by atoms with van der Waals surface area (Å²) in [5.41, 5.74) is 3.22. The van der Waals surface area contributed by atoms with E-state index in [9.17, 15) is 4.79 Å². The molecule has 1 aromatic carbocycles. The van der Waals surface area contributed by atoms with Gasteiger partial charge >= 0.3 is 0 Å². The third kappa shape index (κ3) is 3.85. The van der Waals surface area contributed by atoms with Crippen molar-refractivity contribution in [3.63, 3.8) is 0 Å². The molecule has 2 aromatic rings. The van der Waals surface area contributed by atoms with Crippen LogP contribution in [-0.2, 0) is 0 Å². The molecule has 0 spiro atoms. The van der Waals surface area contributed by atoms with E-state index in [2.05, 4.69) is 20.6 Å². The van der Waals surface area contributed by atoms with Crippen molar-refractivity contribution in [1.82, 2.24) is 15.3 Å². The number of nitrogens with one attached hydrogen (secondary N) is 2. The Labute approximate surface area is 146 Å². The van der Waals surface area contributed by atoms with E-state index in [0.717, 1.165) is 29.7 Å². The van der Waals surface area contributed by atoms with Crippen molar-refractivity contribution in [2.75, 3.05) is 5.32 Å². The van der Waals surface area contributed by atoms with Gasteiger partial charge in [-0.2, -0.15) is 0 Å². The minimum atomic E-state index is -0.154. The Bertz CT molecular complexity index is 733. The predicted octanol–water partition coefficient (Wildman–Crippen LogP) is 4.16. The summed E-state index contributed by atoms with van der Waals surface area (Å²) in [5.74, 6) is 0.210. The first-order chi connectivity index (χ1) is 11.5. The summed E-state index contributed by atoms with van der Waals surface area (Å²) < 4.78 is 0. The van der Waals surface area contributed by atoms with Gasteiger partial charge in [-0.3, -0.25) is 4.79 Å². The SMILES string of the molecule is Cc1cc(C)c(Nc2nccc(C(=O)NC3CCCC3)n2)c(Cl)c1. The lowest BCUT2D eigenvalue weighted by molar-refractivity contribution is 0.0933. The van der Waals surface area contributed by atoms with Crippen LogP contribution in [0.2, 0.25) is 5.02 Å². The van der Waals surface area contributed by atoms with Crippen LogP contribution >= 0.6 is 11.6 Å². The molecule has 1 saturated carbocycles. The topological polar surface area (TPSA) is 66.9 Å². The molecule has 6 heteroatoms. The van der Waals surface area contributed by atoms with Crippen LogP contribution in [0.25, 0.3) is 0 Å². The molecule has 1 heterocycles. The molecule has 0 saturated heterocycles. The average molecular weight is 345 g/mol. The van der Waals surface area contributed by atoms with E-state index in [1.807, 2.05) is 26.0 Å². The van der Waals surface area contributed by atoms with E-state index >= 15 is 0 Å². The first-order valence-corrected chi connectivity index (χ1v) is 8.58. The van der Waals surface area contributed by atoms with Crippen LogP contribution in [0.3, 0.4) is 0 Å². The maximum absolute atomic E-state index is 12.3. The van der Waals surface area contributed by atoms with Crippen LogP contribution < -0.4 is 10.6 Å². The molecule has 24 heavy (non-hydrogen) atoms. The van der Waals surface area contributed by atoms with Gasteiger partial charge in [-0.05, 0) is 49.9 Å². The van der Waals surface area contributed by atoms with E-state index in [0.29, 0.717) is 16.7 Å². The summed E-state index contributed by atoms with van der Waals surface area (Å²) >= 11 is 6.30. The highest BCUT2D eigenvalue weighted by Crippen LogP contribution is 2.29. The van der Waals surface area contributed by atoms with Crippen molar-refractivity contribution in [2.24, 2.45) is 0 Å². The lowest BCUT2D eigenvalue weighted by Gasteiger charge is -2.13. The molecule has 3 rings (SSSR count). The molecule has 1 aromatic heterocycles.